The SMILES string of the molecule is COC(=O)c1cc([C@@H]2C[C@@H](CN[C@H](C)c3cccc4ccccc34)Oc3ccccc32)ccc1C.COC(=O)c1cc([C@H]2C[C@@H](CN[C@H](C)c3cccc4ccccc34)Oc3ccccc32)ccc1C. The Hall–Kier alpha value is -7.26. The number of ether oxygens (including phenoxy) is 4. The molecule has 0 unspecified atom stereocenters. The predicted molar refractivity (Wildman–Crippen MR) is 280 cm³/mol. The minimum absolute atomic E-state index is 0.00945. The molecule has 2 aliphatic rings. The quantitative estimate of drug-likeness (QED) is 0.117. The first-order valence-electron chi connectivity index (χ1n) is 24.4. The van der Waals surface area contributed by atoms with Gasteiger partial charge in [-0.2, -0.15) is 0 Å². The van der Waals surface area contributed by atoms with E-state index in [1.807, 2.05) is 74.5 Å². The normalized spacial score (nSPS) is 17.9. The standard InChI is InChI=1S/2C31H31NO3/c2*1-20-15-16-23(17-28(20)31(33)34-3)29-18-24(35-30-14-7-6-12-27(29)30)19-32-21(2)25-13-8-10-22-9-4-5-11-26(22)25/h2*4-17,21,24,29,32H,18-19H2,1-3H3/t21-,24+,29+;21-,24+,29-/m11/s1. The second-order valence-corrected chi connectivity index (χ2v) is 18.7. The lowest BCUT2D eigenvalue weighted by Gasteiger charge is -2.33. The molecule has 0 spiro atoms. The Kier molecular flexibility index (Phi) is 14.7. The van der Waals surface area contributed by atoms with Gasteiger partial charge in [-0.15, -0.1) is 0 Å². The molecule has 6 atom stereocenters. The van der Waals surface area contributed by atoms with Gasteiger partial charge in [0.05, 0.1) is 25.3 Å². The number of rotatable bonds is 12. The van der Waals surface area contributed by atoms with Crippen molar-refractivity contribution >= 4 is 33.5 Å². The number of nitrogens with one attached hydrogen (secondary N) is 2. The molecule has 0 aromatic heterocycles. The number of aryl methyl sites for hydroxylation is 2. The van der Waals surface area contributed by atoms with Crippen LogP contribution in [0.5, 0.6) is 11.5 Å². The average Bonchev–Trinajstić information content (AvgIpc) is 3.40. The molecular weight excluding hydrogens is 869 g/mol. The van der Waals surface area contributed by atoms with Crippen LogP contribution in [0.25, 0.3) is 21.5 Å². The summed E-state index contributed by atoms with van der Waals surface area (Å²) in [6.45, 7) is 9.75. The van der Waals surface area contributed by atoms with Crippen molar-refractivity contribution in [3.63, 3.8) is 0 Å². The van der Waals surface area contributed by atoms with E-state index >= 15 is 0 Å². The van der Waals surface area contributed by atoms with Crippen LogP contribution in [0.2, 0.25) is 0 Å². The number of methoxy groups -OCH3 is 2. The summed E-state index contributed by atoms with van der Waals surface area (Å²) in [6, 6.07) is 59.0. The average molecular weight is 931 g/mol. The van der Waals surface area contributed by atoms with E-state index in [-0.39, 0.29) is 48.1 Å². The van der Waals surface area contributed by atoms with Gasteiger partial charge >= 0.3 is 11.9 Å². The maximum absolute atomic E-state index is 12.3. The number of hydrogen-bond acceptors (Lipinski definition) is 8. The number of carbonyl (C=O) groups excluding carboxylic acids is 2. The van der Waals surface area contributed by atoms with E-state index in [4.69, 9.17) is 18.9 Å². The second-order valence-electron chi connectivity index (χ2n) is 18.7. The molecule has 70 heavy (non-hydrogen) atoms. The maximum Gasteiger partial charge on any atom is 0.338 e. The van der Waals surface area contributed by atoms with Gasteiger partial charge in [-0.3, -0.25) is 0 Å². The van der Waals surface area contributed by atoms with Crippen LogP contribution in [0.1, 0.15) is 116 Å². The summed E-state index contributed by atoms with van der Waals surface area (Å²) in [5.41, 5.74) is 10.2. The Labute approximate surface area is 412 Å². The Morgan fingerprint density at radius 3 is 1.33 bits per heavy atom. The van der Waals surface area contributed by atoms with Crippen molar-refractivity contribution in [2.45, 2.75) is 76.7 Å². The molecule has 2 N–H and O–H groups in total. The van der Waals surface area contributed by atoms with Gasteiger partial charge in [0.25, 0.3) is 0 Å². The van der Waals surface area contributed by atoms with Gasteiger partial charge in [0.2, 0.25) is 0 Å². The van der Waals surface area contributed by atoms with Gasteiger partial charge in [-0.05, 0) is 120 Å². The fourth-order valence-electron chi connectivity index (χ4n) is 10.3. The number of esters is 2. The van der Waals surface area contributed by atoms with Crippen LogP contribution in [0, 0.1) is 13.8 Å². The monoisotopic (exact) mass is 930 g/mol. The van der Waals surface area contributed by atoms with Crippen LogP contribution in [0.15, 0.2) is 170 Å². The highest BCUT2D eigenvalue weighted by atomic mass is 16.5. The smallest absolute Gasteiger partial charge is 0.338 e. The van der Waals surface area contributed by atoms with E-state index in [9.17, 15) is 9.59 Å². The van der Waals surface area contributed by atoms with E-state index in [1.54, 1.807) is 0 Å². The summed E-state index contributed by atoms with van der Waals surface area (Å²) in [5.74, 6) is 1.51. The summed E-state index contributed by atoms with van der Waals surface area (Å²) in [5, 5.41) is 12.5. The number of hydrogen-bond donors (Lipinski definition) is 2. The van der Waals surface area contributed by atoms with Crippen LogP contribution in [0.3, 0.4) is 0 Å². The zero-order valence-electron chi connectivity index (χ0n) is 40.9. The Morgan fingerprint density at radius 1 is 0.514 bits per heavy atom. The summed E-state index contributed by atoms with van der Waals surface area (Å²) in [7, 11) is 2.86. The van der Waals surface area contributed by atoms with Gasteiger partial charge in [0.1, 0.15) is 23.7 Å². The lowest BCUT2D eigenvalue weighted by molar-refractivity contribution is 0.0590. The molecule has 2 aliphatic heterocycles. The number of para-hydroxylation sites is 2. The third-order valence-electron chi connectivity index (χ3n) is 14.2. The first-order valence-corrected chi connectivity index (χ1v) is 24.4. The minimum atomic E-state index is -0.299. The third kappa shape index (κ3) is 10.3. The molecule has 8 aromatic rings. The highest BCUT2D eigenvalue weighted by Gasteiger charge is 2.32. The van der Waals surface area contributed by atoms with Gasteiger partial charge in [-0.25, -0.2) is 9.59 Å². The molecule has 0 fully saturated rings. The molecule has 0 bridgehead atoms. The van der Waals surface area contributed by atoms with E-state index < -0.39 is 0 Å². The summed E-state index contributed by atoms with van der Waals surface area (Å²) >= 11 is 0. The Morgan fingerprint density at radius 2 is 0.900 bits per heavy atom. The maximum atomic E-state index is 12.3. The first kappa shape index (κ1) is 47.8. The first-order chi connectivity index (χ1) is 34.1. The van der Waals surface area contributed by atoms with Crippen molar-refractivity contribution in [3.05, 3.63) is 225 Å². The van der Waals surface area contributed by atoms with Crippen LogP contribution in [0.4, 0.5) is 0 Å². The molecule has 10 rings (SSSR count). The Bertz CT molecular complexity index is 2920. The summed E-state index contributed by atoms with van der Waals surface area (Å²) in [6.07, 6.45) is 1.68. The molecule has 356 valence electrons. The zero-order valence-corrected chi connectivity index (χ0v) is 40.9. The zero-order chi connectivity index (χ0) is 48.7. The van der Waals surface area contributed by atoms with Crippen molar-refractivity contribution in [2.75, 3.05) is 27.3 Å². The second kappa shape index (κ2) is 21.6. The van der Waals surface area contributed by atoms with E-state index in [0.29, 0.717) is 11.1 Å². The number of fused-ring (bicyclic) bond motifs is 4. The van der Waals surface area contributed by atoms with Gasteiger partial charge in [0, 0.05) is 48.1 Å². The molecule has 0 saturated carbocycles. The number of benzene rings is 8. The molecule has 8 aromatic carbocycles. The lowest BCUT2D eigenvalue weighted by Crippen LogP contribution is -2.37. The van der Waals surface area contributed by atoms with Gasteiger partial charge in [0.15, 0.2) is 0 Å². The molecular formula is C62H62N2O6. The van der Waals surface area contributed by atoms with Crippen LogP contribution < -0.4 is 20.1 Å². The van der Waals surface area contributed by atoms with Gasteiger partial charge in [-0.1, -0.05) is 146 Å². The summed E-state index contributed by atoms with van der Waals surface area (Å²) < 4.78 is 22.9. The van der Waals surface area contributed by atoms with E-state index in [0.717, 1.165) is 70.8 Å². The van der Waals surface area contributed by atoms with Crippen molar-refractivity contribution in [2.24, 2.45) is 0 Å². The van der Waals surface area contributed by atoms with Crippen LogP contribution in [-0.4, -0.2) is 51.5 Å². The molecule has 0 amide bonds. The highest BCUT2D eigenvalue weighted by Crippen LogP contribution is 2.42. The van der Waals surface area contributed by atoms with Crippen molar-refractivity contribution in [1.82, 2.24) is 10.6 Å². The summed E-state index contributed by atoms with van der Waals surface area (Å²) in [4.78, 5) is 24.7. The third-order valence-corrected chi connectivity index (χ3v) is 14.2. The lowest BCUT2D eigenvalue weighted by atomic mass is 9.83. The molecule has 8 nitrogen and oxygen atoms in total. The number of carbonyl (C=O) groups is 2. The van der Waals surface area contributed by atoms with Crippen LogP contribution in [-0.2, 0) is 9.47 Å². The molecule has 0 radical (unpaired) electrons. The molecule has 8 heteroatoms. The van der Waals surface area contributed by atoms with E-state index in [1.165, 1.54) is 46.9 Å². The topological polar surface area (TPSA) is 95.1 Å². The van der Waals surface area contributed by atoms with Crippen molar-refractivity contribution in [1.29, 1.82) is 0 Å². The largest absolute Gasteiger partial charge is 0.489 e. The Balaban J connectivity index is 0.000000174. The fourth-order valence-corrected chi connectivity index (χ4v) is 10.3. The predicted octanol–water partition coefficient (Wildman–Crippen LogP) is 13.1. The molecule has 0 aliphatic carbocycles. The van der Waals surface area contributed by atoms with Crippen molar-refractivity contribution in [3.8, 4) is 11.5 Å². The fraction of sp³-hybridized carbons (Fsp3) is 0.258. The highest BCUT2D eigenvalue weighted by molar-refractivity contribution is 5.92. The minimum Gasteiger partial charge on any atom is -0.489 e. The molecule has 2 heterocycles. The van der Waals surface area contributed by atoms with Crippen molar-refractivity contribution < 1.29 is 28.5 Å². The molecule has 0 saturated heterocycles. The van der Waals surface area contributed by atoms with E-state index in [2.05, 4.69) is 134 Å². The van der Waals surface area contributed by atoms with Gasteiger partial charge < -0.3 is 29.6 Å². The van der Waals surface area contributed by atoms with Crippen LogP contribution >= 0.6 is 0 Å².